The first-order valence-corrected chi connectivity index (χ1v) is 10.9. The van der Waals surface area contributed by atoms with Crippen molar-refractivity contribution in [2.75, 3.05) is 17.2 Å². The van der Waals surface area contributed by atoms with E-state index in [1.807, 2.05) is 45.0 Å². The Morgan fingerprint density at radius 2 is 1.76 bits per heavy atom. The van der Waals surface area contributed by atoms with Gasteiger partial charge in [0, 0.05) is 22.0 Å². The summed E-state index contributed by atoms with van der Waals surface area (Å²) in [6.45, 7) is 5.47. The quantitative estimate of drug-likeness (QED) is 0.333. The van der Waals surface area contributed by atoms with E-state index in [4.69, 9.17) is 16.3 Å². The fourth-order valence-corrected chi connectivity index (χ4v) is 3.37. The third kappa shape index (κ3) is 6.47. The number of hydrogen-bond donors (Lipinski definition) is 2. The van der Waals surface area contributed by atoms with Gasteiger partial charge in [-0.1, -0.05) is 53.6 Å². The van der Waals surface area contributed by atoms with Gasteiger partial charge >= 0.3 is 0 Å². The highest BCUT2D eigenvalue weighted by Gasteiger charge is 2.13. The monoisotopic (exact) mass is 473 g/mol. The number of carbonyl (C=O) groups is 2. The second-order valence-corrected chi connectivity index (χ2v) is 8.19. The topological polar surface area (TPSA) is 91.2 Å². The second kappa shape index (κ2) is 11.2. The minimum Gasteiger partial charge on any atom is -0.483 e. The third-order valence-corrected chi connectivity index (χ3v) is 5.44. The maximum absolute atomic E-state index is 12.7. The van der Waals surface area contributed by atoms with Crippen LogP contribution < -0.4 is 15.4 Å². The van der Waals surface area contributed by atoms with E-state index in [1.54, 1.807) is 42.5 Å². The molecule has 0 fully saturated rings. The highest BCUT2D eigenvalue weighted by molar-refractivity contribution is 6.31. The highest BCUT2D eigenvalue weighted by atomic mass is 35.5. The molecule has 0 heterocycles. The molecule has 7 heteroatoms. The van der Waals surface area contributed by atoms with E-state index < -0.39 is 5.91 Å². The Morgan fingerprint density at radius 1 is 1.00 bits per heavy atom. The van der Waals surface area contributed by atoms with Gasteiger partial charge in [0.05, 0.1) is 0 Å². The lowest BCUT2D eigenvalue weighted by molar-refractivity contribution is -0.118. The van der Waals surface area contributed by atoms with Gasteiger partial charge in [0.25, 0.3) is 11.8 Å². The molecule has 3 aromatic carbocycles. The molecule has 6 nitrogen and oxygen atoms in total. The molecule has 0 saturated carbocycles. The number of benzene rings is 3. The second-order valence-electron chi connectivity index (χ2n) is 7.78. The van der Waals surface area contributed by atoms with Gasteiger partial charge in [-0.05, 0) is 62.2 Å². The van der Waals surface area contributed by atoms with Gasteiger partial charge in [-0.25, -0.2) is 0 Å². The van der Waals surface area contributed by atoms with E-state index >= 15 is 0 Å². The van der Waals surface area contributed by atoms with Crippen molar-refractivity contribution in [3.05, 3.63) is 93.5 Å². The summed E-state index contributed by atoms with van der Waals surface area (Å²) in [5.41, 5.74) is 4.49. The van der Waals surface area contributed by atoms with Crippen LogP contribution in [0.3, 0.4) is 0 Å². The molecule has 0 atom stereocenters. The number of rotatable bonds is 7. The summed E-state index contributed by atoms with van der Waals surface area (Å²) in [6.07, 6.45) is 1.44. The maximum atomic E-state index is 12.7. The lowest BCUT2D eigenvalue weighted by atomic mass is 10.1. The fourth-order valence-electron chi connectivity index (χ4n) is 3.19. The van der Waals surface area contributed by atoms with Gasteiger partial charge < -0.3 is 15.4 Å². The SMILES string of the molecule is Cc1ccc(NC(=O)/C(C#N)=C/c2ccccc2OCC(=O)Nc2ccc(C)c(Cl)c2)c(C)c1. The number of carbonyl (C=O) groups excluding carboxylic acids is 2. The summed E-state index contributed by atoms with van der Waals surface area (Å²) < 4.78 is 5.67. The molecular weight excluding hydrogens is 450 g/mol. The van der Waals surface area contributed by atoms with Crippen molar-refractivity contribution >= 4 is 40.9 Å². The number of hydrogen-bond acceptors (Lipinski definition) is 4. The average Bonchev–Trinajstić information content (AvgIpc) is 2.81. The minimum atomic E-state index is -0.529. The number of anilines is 2. The molecule has 172 valence electrons. The van der Waals surface area contributed by atoms with Crippen LogP contribution >= 0.6 is 11.6 Å². The van der Waals surface area contributed by atoms with Crippen LogP contribution in [0.25, 0.3) is 6.08 Å². The Labute approximate surface area is 203 Å². The van der Waals surface area contributed by atoms with Crippen molar-refractivity contribution in [2.45, 2.75) is 20.8 Å². The molecule has 0 aromatic heterocycles. The first-order valence-electron chi connectivity index (χ1n) is 10.5. The van der Waals surface area contributed by atoms with E-state index in [2.05, 4.69) is 10.6 Å². The summed E-state index contributed by atoms with van der Waals surface area (Å²) in [5.74, 6) is -0.531. The van der Waals surface area contributed by atoms with Crippen LogP contribution in [0, 0.1) is 32.1 Å². The number of amides is 2. The molecule has 3 rings (SSSR count). The highest BCUT2D eigenvalue weighted by Crippen LogP contribution is 2.23. The molecule has 0 aliphatic heterocycles. The van der Waals surface area contributed by atoms with E-state index in [0.29, 0.717) is 27.7 Å². The number of nitriles is 1. The van der Waals surface area contributed by atoms with Crippen molar-refractivity contribution in [3.63, 3.8) is 0 Å². The van der Waals surface area contributed by atoms with Gasteiger partial charge in [-0.2, -0.15) is 5.26 Å². The number of ether oxygens (including phenoxy) is 1. The van der Waals surface area contributed by atoms with Gasteiger partial charge in [-0.3, -0.25) is 9.59 Å². The Kier molecular flexibility index (Phi) is 8.07. The minimum absolute atomic E-state index is 0.0882. The molecule has 2 N–H and O–H groups in total. The van der Waals surface area contributed by atoms with Crippen LogP contribution in [0.1, 0.15) is 22.3 Å². The predicted octanol–water partition coefficient (Wildman–Crippen LogP) is 5.83. The van der Waals surface area contributed by atoms with Crippen molar-refractivity contribution in [3.8, 4) is 11.8 Å². The van der Waals surface area contributed by atoms with E-state index in [9.17, 15) is 14.9 Å². The van der Waals surface area contributed by atoms with Crippen LogP contribution in [0.4, 0.5) is 11.4 Å². The average molecular weight is 474 g/mol. The van der Waals surface area contributed by atoms with Gasteiger partial charge in [0.2, 0.25) is 0 Å². The molecule has 0 aliphatic rings. The molecule has 2 amide bonds. The Balaban J connectivity index is 1.71. The Morgan fingerprint density at radius 3 is 2.47 bits per heavy atom. The molecule has 3 aromatic rings. The molecular formula is C27H24ClN3O3. The number of nitrogens with one attached hydrogen (secondary N) is 2. The summed E-state index contributed by atoms with van der Waals surface area (Å²) in [7, 11) is 0. The molecule has 0 saturated heterocycles. The lowest BCUT2D eigenvalue weighted by Gasteiger charge is -2.11. The molecule has 34 heavy (non-hydrogen) atoms. The normalized spacial score (nSPS) is 10.9. The zero-order valence-electron chi connectivity index (χ0n) is 19.1. The van der Waals surface area contributed by atoms with Crippen molar-refractivity contribution < 1.29 is 14.3 Å². The maximum Gasteiger partial charge on any atom is 0.266 e. The zero-order chi connectivity index (χ0) is 24.7. The fraction of sp³-hybridized carbons (Fsp3) is 0.148. The van der Waals surface area contributed by atoms with Crippen molar-refractivity contribution in [2.24, 2.45) is 0 Å². The first-order chi connectivity index (χ1) is 16.3. The number of aryl methyl sites for hydroxylation is 3. The van der Waals surface area contributed by atoms with Crippen LogP contribution in [0.2, 0.25) is 5.02 Å². The van der Waals surface area contributed by atoms with Crippen LogP contribution in [-0.4, -0.2) is 18.4 Å². The van der Waals surface area contributed by atoms with Crippen molar-refractivity contribution in [1.29, 1.82) is 5.26 Å². The molecule has 0 spiro atoms. The third-order valence-electron chi connectivity index (χ3n) is 5.03. The molecule has 0 bridgehead atoms. The van der Waals surface area contributed by atoms with Gasteiger partial charge in [0.15, 0.2) is 6.61 Å². The van der Waals surface area contributed by atoms with E-state index in [1.165, 1.54) is 6.08 Å². The number of nitrogens with zero attached hydrogens (tertiary/aromatic N) is 1. The van der Waals surface area contributed by atoms with E-state index in [-0.39, 0.29) is 18.1 Å². The summed E-state index contributed by atoms with van der Waals surface area (Å²) in [5, 5.41) is 15.6. The summed E-state index contributed by atoms with van der Waals surface area (Å²) in [4.78, 5) is 25.0. The Hall–Kier alpha value is -4.08. The standard InChI is InChI=1S/C27H24ClN3O3/c1-17-8-11-24(19(3)12-17)31-27(33)21(15-29)13-20-6-4-5-7-25(20)34-16-26(32)30-22-10-9-18(2)23(28)14-22/h4-14H,16H2,1-3H3,(H,30,32)(H,31,33)/b21-13+. The van der Waals surface area contributed by atoms with Gasteiger partial charge in [-0.15, -0.1) is 0 Å². The lowest BCUT2D eigenvalue weighted by Crippen LogP contribution is -2.20. The predicted molar refractivity (Wildman–Crippen MR) is 135 cm³/mol. The Bertz CT molecular complexity index is 1310. The summed E-state index contributed by atoms with van der Waals surface area (Å²) >= 11 is 6.10. The molecule has 0 radical (unpaired) electrons. The number of halogens is 1. The number of para-hydroxylation sites is 1. The summed E-state index contributed by atoms with van der Waals surface area (Å²) in [6, 6.07) is 19.7. The molecule has 0 aliphatic carbocycles. The van der Waals surface area contributed by atoms with E-state index in [0.717, 1.165) is 16.7 Å². The van der Waals surface area contributed by atoms with Gasteiger partial charge in [0.1, 0.15) is 17.4 Å². The smallest absolute Gasteiger partial charge is 0.266 e. The molecule has 0 unspecified atom stereocenters. The van der Waals surface area contributed by atoms with Crippen LogP contribution in [0.5, 0.6) is 5.75 Å². The van der Waals surface area contributed by atoms with Crippen LogP contribution in [0.15, 0.2) is 66.2 Å². The van der Waals surface area contributed by atoms with Crippen LogP contribution in [-0.2, 0) is 9.59 Å². The first kappa shape index (κ1) is 24.6. The van der Waals surface area contributed by atoms with Crippen molar-refractivity contribution in [1.82, 2.24) is 0 Å². The zero-order valence-corrected chi connectivity index (χ0v) is 19.9. The largest absolute Gasteiger partial charge is 0.483 e.